The number of hydrogen-bond acceptors (Lipinski definition) is 6. The minimum Gasteiger partial charge on any atom is -0.382 e. The number of anilines is 1. The topological polar surface area (TPSA) is 69.4 Å². The molecule has 1 rings (SSSR count). The highest BCUT2D eigenvalue weighted by molar-refractivity contribution is 5.17. The molecule has 1 aromatic rings. The summed E-state index contributed by atoms with van der Waals surface area (Å²) < 4.78 is 15.2. The second-order valence-corrected chi connectivity index (χ2v) is 4.15. The summed E-state index contributed by atoms with van der Waals surface area (Å²) in [4.78, 5) is 4.20. The van der Waals surface area contributed by atoms with Gasteiger partial charge in [-0.1, -0.05) is 19.0 Å². The summed E-state index contributed by atoms with van der Waals surface area (Å²) in [6.07, 6.45) is 0.649. The normalized spacial score (nSPS) is 11.1. The van der Waals surface area contributed by atoms with Gasteiger partial charge in [0, 0.05) is 20.1 Å². The minimum absolute atomic E-state index is 0.477. The summed E-state index contributed by atoms with van der Waals surface area (Å²) in [6.45, 7) is 6.83. The van der Waals surface area contributed by atoms with E-state index in [2.05, 4.69) is 29.3 Å². The van der Waals surface area contributed by atoms with E-state index in [0.717, 1.165) is 6.54 Å². The lowest BCUT2D eigenvalue weighted by atomic mass is 10.2. The lowest BCUT2D eigenvalue weighted by Gasteiger charge is -2.02. The van der Waals surface area contributed by atoms with Crippen LogP contribution < -0.4 is 5.32 Å². The summed E-state index contributed by atoms with van der Waals surface area (Å²) in [5.74, 6) is 1.21. The largest absolute Gasteiger partial charge is 0.382 e. The van der Waals surface area contributed by atoms with Crippen LogP contribution in [0.2, 0.25) is 0 Å². The Kier molecular flexibility index (Phi) is 6.57. The van der Waals surface area contributed by atoms with Gasteiger partial charge in [-0.3, -0.25) is 0 Å². The predicted octanol–water partition coefficient (Wildman–Crippen LogP) is 1.34. The molecule has 6 nitrogen and oxygen atoms in total. The highest BCUT2D eigenvalue weighted by atomic mass is 16.5. The Morgan fingerprint density at radius 3 is 2.82 bits per heavy atom. The van der Waals surface area contributed by atoms with Gasteiger partial charge < -0.3 is 19.3 Å². The molecule has 0 aliphatic carbocycles. The molecule has 1 aromatic heterocycles. The van der Waals surface area contributed by atoms with Crippen molar-refractivity contribution in [1.29, 1.82) is 0 Å². The zero-order chi connectivity index (χ0) is 12.5. The highest BCUT2D eigenvalue weighted by Crippen LogP contribution is 2.05. The molecule has 0 saturated heterocycles. The molecule has 0 aliphatic rings. The van der Waals surface area contributed by atoms with E-state index in [1.807, 2.05) is 0 Å². The van der Waals surface area contributed by atoms with Crippen LogP contribution in [0.3, 0.4) is 0 Å². The molecule has 0 unspecified atom stereocenters. The van der Waals surface area contributed by atoms with Gasteiger partial charge in [-0.05, 0) is 5.92 Å². The van der Waals surface area contributed by atoms with Crippen LogP contribution >= 0.6 is 0 Å². The van der Waals surface area contributed by atoms with Crippen LogP contribution in [0.4, 0.5) is 6.01 Å². The summed E-state index contributed by atoms with van der Waals surface area (Å²) in [5, 5.41) is 6.93. The molecule has 0 saturated carbocycles. The van der Waals surface area contributed by atoms with Crippen molar-refractivity contribution < 1.29 is 14.0 Å². The van der Waals surface area contributed by atoms with Crippen molar-refractivity contribution in [2.24, 2.45) is 5.92 Å². The molecule has 1 heterocycles. The summed E-state index contributed by atoms with van der Waals surface area (Å²) in [6, 6.07) is 0.477. The minimum atomic E-state index is 0.477. The number of hydrogen-bond donors (Lipinski definition) is 1. The van der Waals surface area contributed by atoms with E-state index in [0.29, 0.717) is 44.0 Å². The first-order valence-electron chi connectivity index (χ1n) is 5.85. The Morgan fingerprint density at radius 1 is 1.29 bits per heavy atom. The van der Waals surface area contributed by atoms with Crippen LogP contribution in [0.5, 0.6) is 0 Å². The molecular weight excluding hydrogens is 222 g/mol. The third-order valence-electron chi connectivity index (χ3n) is 2.03. The molecule has 0 spiro atoms. The Hall–Kier alpha value is -1.14. The molecule has 0 aromatic carbocycles. The molecule has 0 amide bonds. The third kappa shape index (κ3) is 6.23. The SMILES string of the molecule is COCCOCCc1noc(NCC(C)C)n1. The van der Waals surface area contributed by atoms with E-state index in [9.17, 15) is 0 Å². The lowest BCUT2D eigenvalue weighted by Crippen LogP contribution is -2.08. The molecule has 17 heavy (non-hydrogen) atoms. The first kappa shape index (κ1) is 13.9. The van der Waals surface area contributed by atoms with Crippen LogP contribution in [-0.4, -0.2) is 43.6 Å². The molecule has 0 atom stereocenters. The van der Waals surface area contributed by atoms with E-state index in [-0.39, 0.29) is 0 Å². The van der Waals surface area contributed by atoms with Crippen molar-refractivity contribution in [3.8, 4) is 0 Å². The maximum atomic E-state index is 5.32. The molecular formula is C11H21N3O3. The lowest BCUT2D eigenvalue weighted by molar-refractivity contribution is 0.0714. The average Bonchev–Trinajstić information content (AvgIpc) is 2.74. The third-order valence-corrected chi connectivity index (χ3v) is 2.03. The number of ether oxygens (including phenoxy) is 2. The van der Waals surface area contributed by atoms with Crippen LogP contribution in [0.1, 0.15) is 19.7 Å². The first-order valence-corrected chi connectivity index (χ1v) is 5.85. The molecule has 1 N–H and O–H groups in total. The monoisotopic (exact) mass is 243 g/mol. The number of nitrogens with zero attached hydrogens (tertiary/aromatic N) is 2. The van der Waals surface area contributed by atoms with Crippen molar-refractivity contribution >= 4 is 6.01 Å². The summed E-state index contributed by atoms with van der Waals surface area (Å²) in [5.41, 5.74) is 0. The van der Waals surface area contributed by atoms with Crippen LogP contribution in [0, 0.1) is 5.92 Å². The number of rotatable bonds is 9. The van der Waals surface area contributed by atoms with Gasteiger partial charge in [0.15, 0.2) is 5.82 Å². The molecule has 0 bridgehead atoms. The van der Waals surface area contributed by atoms with Gasteiger partial charge in [0.05, 0.1) is 19.8 Å². The second kappa shape index (κ2) is 8.03. The maximum Gasteiger partial charge on any atom is 0.321 e. The summed E-state index contributed by atoms with van der Waals surface area (Å²) in [7, 11) is 1.65. The second-order valence-electron chi connectivity index (χ2n) is 4.15. The van der Waals surface area contributed by atoms with Crippen LogP contribution in [0.15, 0.2) is 4.52 Å². The fraction of sp³-hybridized carbons (Fsp3) is 0.818. The molecule has 0 radical (unpaired) electrons. The Labute approximate surface area is 102 Å². The number of methoxy groups -OCH3 is 1. The van der Waals surface area contributed by atoms with Gasteiger partial charge in [-0.2, -0.15) is 4.98 Å². The van der Waals surface area contributed by atoms with E-state index in [4.69, 9.17) is 14.0 Å². The molecule has 6 heteroatoms. The standard InChI is InChI=1S/C11H21N3O3/c1-9(2)8-12-11-13-10(14-17-11)4-5-16-7-6-15-3/h9H,4-8H2,1-3H3,(H,12,13,14). The van der Waals surface area contributed by atoms with Gasteiger partial charge >= 0.3 is 6.01 Å². The number of aromatic nitrogens is 2. The fourth-order valence-corrected chi connectivity index (χ4v) is 1.13. The van der Waals surface area contributed by atoms with E-state index in [1.165, 1.54) is 0 Å². The van der Waals surface area contributed by atoms with E-state index < -0.39 is 0 Å². The average molecular weight is 243 g/mol. The smallest absolute Gasteiger partial charge is 0.321 e. The Morgan fingerprint density at radius 2 is 2.12 bits per heavy atom. The quantitative estimate of drug-likeness (QED) is 0.660. The van der Waals surface area contributed by atoms with Crippen molar-refractivity contribution in [3.05, 3.63) is 5.82 Å². The van der Waals surface area contributed by atoms with Gasteiger partial charge in [0.25, 0.3) is 0 Å². The maximum absolute atomic E-state index is 5.32. The van der Waals surface area contributed by atoms with Crippen molar-refractivity contribution in [1.82, 2.24) is 10.1 Å². The molecule has 0 fully saturated rings. The predicted molar refractivity (Wildman–Crippen MR) is 64.0 cm³/mol. The zero-order valence-corrected chi connectivity index (χ0v) is 10.7. The van der Waals surface area contributed by atoms with Crippen molar-refractivity contribution in [2.75, 3.05) is 38.8 Å². The van der Waals surface area contributed by atoms with Gasteiger partial charge in [0.1, 0.15) is 0 Å². The van der Waals surface area contributed by atoms with Gasteiger partial charge in [-0.15, -0.1) is 0 Å². The Balaban J connectivity index is 2.17. The first-order chi connectivity index (χ1) is 8.22. The highest BCUT2D eigenvalue weighted by Gasteiger charge is 2.05. The number of nitrogens with one attached hydrogen (secondary N) is 1. The van der Waals surface area contributed by atoms with Crippen LogP contribution in [0.25, 0.3) is 0 Å². The van der Waals surface area contributed by atoms with Crippen molar-refractivity contribution in [3.63, 3.8) is 0 Å². The van der Waals surface area contributed by atoms with Crippen LogP contribution in [-0.2, 0) is 15.9 Å². The summed E-state index contributed by atoms with van der Waals surface area (Å²) >= 11 is 0. The molecule has 0 aliphatic heterocycles. The van der Waals surface area contributed by atoms with Gasteiger partial charge in [0.2, 0.25) is 0 Å². The fourth-order valence-electron chi connectivity index (χ4n) is 1.13. The van der Waals surface area contributed by atoms with E-state index in [1.54, 1.807) is 7.11 Å². The van der Waals surface area contributed by atoms with Gasteiger partial charge in [-0.25, -0.2) is 0 Å². The molecule has 98 valence electrons. The van der Waals surface area contributed by atoms with Crippen molar-refractivity contribution in [2.45, 2.75) is 20.3 Å². The van der Waals surface area contributed by atoms with E-state index >= 15 is 0 Å². The zero-order valence-electron chi connectivity index (χ0n) is 10.7. The Bertz CT molecular complexity index is 302.